The minimum Gasteiger partial charge on any atom is -1.00 e. The summed E-state index contributed by atoms with van der Waals surface area (Å²) in [7, 11) is 0. The predicted octanol–water partition coefficient (Wildman–Crippen LogP) is 5.49. The molecular formula is C19H38MgO4. The van der Waals surface area contributed by atoms with Gasteiger partial charge in [0.1, 0.15) is 0 Å². The molecule has 0 amide bonds. The maximum atomic E-state index is 11.5. The minimum atomic E-state index is -1.57. The van der Waals surface area contributed by atoms with Gasteiger partial charge >= 0.3 is 35.0 Å². The van der Waals surface area contributed by atoms with E-state index >= 15 is 0 Å². The molecule has 0 aromatic rings. The van der Waals surface area contributed by atoms with Gasteiger partial charge < -0.3 is 13.1 Å². The first-order valence-corrected chi connectivity index (χ1v) is 9.48. The topological polar surface area (TPSA) is 74.6 Å². The van der Waals surface area contributed by atoms with Gasteiger partial charge in [-0.1, -0.05) is 90.9 Å². The number of aliphatic carboxylic acids is 2. The summed E-state index contributed by atoms with van der Waals surface area (Å²) >= 11 is 0. The van der Waals surface area contributed by atoms with E-state index in [1.165, 1.54) is 44.9 Å². The molecule has 0 rings (SSSR count). The van der Waals surface area contributed by atoms with Gasteiger partial charge in [-0.25, -0.2) is 0 Å². The molecule has 0 aliphatic carbocycles. The molecule has 0 unspecified atom stereocenters. The van der Waals surface area contributed by atoms with Crippen LogP contribution in [0.5, 0.6) is 0 Å². The summed E-state index contributed by atoms with van der Waals surface area (Å²) in [6, 6.07) is 0. The van der Waals surface area contributed by atoms with Gasteiger partial charge in [-0.05, 0) is 12.8 Å². The molecule has 0 aliphatic heterocycles. The van der Waals surface area contributed by atoms with Crippen molar-refractivity contribution in [2.45, 2.75) is 104 Å². The third-order valence-electron chi connectivity index (χ3n) is 4.73. The quantitative estimate of drug-likeness (QED) is 0.218. The van der Waals surface area contributed by atoms with Crippen molar-refractivity contribution in [2.75, 3.05) is 0 Å². The van der Waals surface area contributed by atoms with Crippen LogP contribution in [0.1, 0.15) is 107 Å². The average Bonchev–Trinajstić information content (AvgIpc) is 2.51. The first-order valence-electron chi connectivity index (χ1n) is 9.48. The summed E-state index contributed by atoms with van der Waals surface area (Å²) in [4.78, 5) is 23.0. The summed E-state index contributed by atoms with van der Waals surface area (Å²) in [6.45, 7) is 4.17. The molecule has 2 N–H and O–H groups in total. The molecule has 5 heteroatoms. The third kappa shape index (κ3) is 10.5. The van der Waals surface area contributed by atoms with Crippen molar-refractivity contribution < 1.29 is 22.7 Å². The maximum Gasteiger partial charge on any atom is 2.00 e. The molecule has 0 heterocycles. The van der Waals surface area contributed by atoms with Crippen molar-refractivity contribution in [1.29, 1.82) is 0 Å². The van der Waals surface area contributed by atoms with Gasteiger partial charge in [-0.2, -0.15) is 0 Å². The molecule has 0 saturated heterocycles. The molecule has 0 aliphatic rings. The van der Waals surface area contributed by atoms with Crippen molar-refractivity contribution >= 4 is 35.0 Å². The van der Waals surface area contributed by atoms with E-state index in [1.807, 2.05) is 6.92 Å². The van der Waals surface area contributed by atoms with Gasteiger partial charge in [0.2, 0.25) is 0 Å². The molecule has 24 heavy (non-hydrogen) atoms. The van der Waals surface area contributed by atoms with Crippen LogP contribution in [0.2, 0.25) is 0 Å². The Hall–Kier alpha value is -0.294. The molecular weight excluding hydrogens is 317 g/mol. The number of hydrogen-bond acceptors (Lipinski definition) is 2. The Morgan fingerprint density at radius 1 is 0.667 bits per heavy atom. The van der Waals surface area contributed by atoms with Crippen LogP contribution in [0.25, 0.3) is 0 Å². The van der Waals surface area contributed by atoms with Crippen molar-refractivity contribution in [3.63, 3.8) is 0 Å². The molecule has 0 atom stereocenters. The first kappa shape index (κ1) is 25.9. The Balaban J connectivity index is -0.000000807. The van der Waals surface area contributed by atoms with E-state index in [1.54, 1.807) is 0 Å². The zero-order valence-corrected chi connectivity index (χ0v) is 17.2. The van der Waals surface area contributed by atoms with Crippen LogP contribution >= 0.6 is 0 Å². The fourth-order valence-electron chi connectivity index (χ4n) is 3.04. The molecule has 0 saturated carbocycles. The van der Waals surface area contributed by atoms with Crippen molar-refractivity contribution in [1.82, 2.24) is 0 Å². The fraction of sp³-hybridized carbons (Fsp3) is 0.895. The number of carbonyl (C=O) groups is 2. The monoisotopic (exact) mass is 354 g/mol. The molecule has 0 aromatic heterocycles. The molecule has 0 spiro atoms. The normalized spacial score (nSPS) is 11.1. The molecule has 140 valence electrons. The number of rotatable bonds is 16. The minimum absolute atomic E-state index is 0. The number of hydrogen-bond donors (Lipinski definition) is 2. The van der Waals surface area contributed by atoms with Crippen LogP contribution in [0.15, 0.2) is 0 Å². The Bertz CT molecular complexity index is 328. The van der Waals surface area contributed by atoms with Gasteiger partial charge in [0.15, 0.2) is 5.41 Å². The number of carboxylic acid groups (broad SMARTS) is 2. The van der Waals surface area contributed by atoms with Gasteiger partial charge in [0.25, 0.3) is 0 Å². The zero-order valence-electron chi connectivity index (χ0n) is 17.8. The Morgan fingerprint density at radius 3 is 1.38 bits per heavy atom. The zero-order chi connectivity index (χ0) is 17.6. The van der Waals surface area contributed by atoms with Crippen LogP contribution in [0.3, 0.4) is 0 Å². The summed E-state index contributed by atoms with van der Waals surface area (Å²) in [5.41, 5.74) is -1.57. The Morgan fingerprint density at radius 2 is 1.00 bits per heavy atom. The second-order valence-electron chi connectivity index (χ2n) is 6.73. The summed E-state index contributed by atoms with van der Waals surface area (Å²) < 4.78 is 0. The van der Waals surface area contributed by atoms with Crippen LogP contribution in [0, 0.1) is 5.41 Å². The van der Waals surface area contributed by atoms with Crippen LogP contribution < -0.4 is 0 Å². The second-order valence-corrected chi connectivity index (χ2v) is 6.73. The van der Waals surface area contributed by atoms with Crippen LogP contribution in [-0.4, -0.2) is 45.2 Å². The van der Waals surface area contributed by atoms with Crippen molar-refractivity contribution in [3.05, 3.63) is 0 Å². The van der Waals surface area contributed by atoms with Crippen molar-refractivity contribution in [2.24, 2.45) is 5.41 Å². The number of unbranched alkanes of at least 4 members (excludes halogenated alkanes) is 10. The largest absolute Gasteiger partial charge is 2.00 e. The number of carboxylic acids is 2. The van der Waals surface area contributed by atoms with E-state index in [0.717, 1.165) is 19.3 Å². The molecule has 4 nitrogen and oxygen atoms in total. The second kappa shape index (κ2) is 16.2. The van der Waals surface area contributed by atoms with E-state index in [-0.39, 0.29) is 38.7 Å². The first-order chi connectivity index (χ1) is 11.0. The van der Waals surface area contributed by atoms with E-state index in [9.17, 15) is 19.8 Å². The van der Waals surface area contributed by atoms with Gasteiger partial charge in [-0.15, -0.1) is 0 Å². The third-order valence-corrected chi connectivity index (χ3v) is 4.73. The molecule has 0 radical (unpaired) electrons. The Labute approximate surface area is 166 Å². The van der Waals surface area contributed by atoms with E-state index < -0.39 is 17.4 Å². The van der Waals surface area contributed by atoms with Gasteiger partial charge in [0, 0.05) is 0 Å². The SMILES string of the molecule is CCCCCCCCCCCCC(CCCC)(C(=O)O)C(=O)O.[H-].[H-].[Mg+2]. The summed E-state index contributed by atoms with van der Waals surface area (Å²) in [5, 5.41) is 18.8. The predicted molar refractivity (Wildman–Crippen MR) is 102 cm³/mol. The molecule has 0 fully saturated rings. The summed E-state index contributed by atoms with van der Waals surface area (Å²) in [6.07, 6.45) is 13.6. The van der Waals surface area contributed by atoms with Crippen molar-refractivity contribution in [3.8, 4) is 0 Å². The molecule has 0 aromatic carbocycles. The van der Waals surface area contributed by atoms with Gasteiger partial charge in [-0.3, -0.25) is 9.59 Å². The average molecular weight is 355 g/mol. The van der Waals surface area contributed by atoms with Gasteiger partial charge in [0.05, 0.1) is 0 Å². The van der Waals surface area contributed by atoms with Crippen LogP contribution in [-0.2, 0) is 9.59 Å². The van der Waals surface area contributed by atoms with E-state index in [4.69, 9.17) is 0 Å². The standard InChI is InChI=1S/C19H36O4.Mg.2H/c1-3-5-7-8-9-10-11-12-13-14-16-19(17(20)21,18(22)23)15-6-4-2;;;/h3-16H2,1-2H3,(H,20,21)(H,22,23);;;/q;+2;2*-1. The smallest absolute Gasteiger partial charge is 1.00 e. The van der Waals surface area contributed by atoms with E-state index in [0.29, 0.717) is 12.8 Å². The van der Waals surface area contributed by atoms with E-state index in [2.05, 4.69) is 6.92 Å². The Kier molecular flexibility index (Phi) is 17.5. The fourth-order valence-corrected chi connectivity index (χ4v) is 3.04. The molecule has 0 bridgehead atoms. The van der Waals surface area contributed by atoms with Crippen LogP contribution in [0.4, 0.5) is 0 Å². The summed E-state index contributed by atoms with van der Waals surface area (Å²) in [5.74, 6) is -2.34. The maximum absolute atomic E-state index is 11.5.